The van der Waals surface area contributed by atoms with Crippen LogP contribution < -0.4 is 5.32 Å². The van der Waals surface area contributed by atoms with Gasteiger partial charge in [-0.05, 0) is 45.4 Å². The van der Waals surface area contributed by atoms with E-state index in [9.17, 15) is 0 Å². The molecule has 1 spiro atoms. The van der Waals surface area contributed by atoms with Crippen LogP contribution in [0.2, 0.25) is 0 Å². The topological polar surface area (TPSA) is 76.8 Å². The van der Waals surface area contributed by atoms with Gasteiger partial charge in [-0.3, -0.25) is 0 Å². The second-order valence-corrected chi connectivity index (χ2v) is 8.56. The van der Waals surface area contributed by atoms with Crippen LogP contribution in [0.3, 0.4) is 0 Å². The van der Waals surface area contributed by atoms with Crippen LogP contribution in [0.4, 0.5) is 0 Å². The quantitative estimate of drug-likeness (QED) is 0.622. The minimum absolute atomic E-state index is 0.282. The molecule has 8 nitrogen and oxygen atoms in total. The molecule has 156 valence electrons. The molecule has 0 aliphatic carbocycles. The molecule has 2 atom stereocenters. The van der Waals surface area contributed by atoms with E-state index in [1.807, 2.05) is 18.5 Å². The van der Waals surface area contributed by atoms with Crippen molar-refractivity contribution >= 4 is 5.96 Å². The summed E-state index contributed by atoms with van der Waals surface area (Å²) in [4.78, 5) is 7.37. The molecular formula is C20H34N6O2. The van der Waals surface area contributed by atoms with Gasteiger partial charge in [-0.2, -0.15) is 0 Å². The Balaban J connectivity index is 1.47. The summed E-state index contributed by atoms with van der Waals surface area (Å²) < 4.78 is 13.7. The van der Waals surface area contributed by atoms with E-state index in [-0.39, 0.29) is 5.41 Å². The highest BCUT2D eigenvalue weighted by molar-refractivity contribution is 5.80. The molecule has 0 aromatic carbocycles. The smallest absolute Gasteiger partial charge is 0.194 e. The Labute approximate surface area is 167 Å². The number of hydrogen-bond acceptors (Lipinski definition) is 5. The van der Waals surface area contributed by atoms with E-state index in [0.29, 0.717) is 12.6 Å². The molecule has 1 aromatic heterocycles. The lowest BCUT2D eigenvalue weighted by Crippen LogP contribution is -2.53. The number of nitrogens with zero attached hydrogens (tertiary/aromatic N) is 5. The molecular weight excluding hydrogens is 356 g/mol. The molecule has 0 saturated carbocycles. The SMILES string of the molecule is Cc1nnc(CN=C(NCC2CCCO2)N2CCCC3(CCCOC3)C2)n1C. The van der Waals surface area contributed by atoms with Crippen molar-refractivity contribution in [3.8, 4) is 0 Å². The summed E-state index contributed by atoms with van der Waals surface area (Å²) in [5.41, 5.74) is 0.282. The lowest BCUT2D eigenvalue weighted by molar-refractivity contribution is -0.0371. The standard InChI is InChI=1S/C20H34N6O2/c1-16-23-24-18(25(16)2)13-22-19(21-12-17-6-3-11-28-17)26-9-4-7-20(14-26)8-5-10-27-15-20/h17H,3-15H2,1-2H3,(H,21,22). The molecule has 0 amide bonds. The van der Waals surface area contributed by atoms with Gasteiger partial charge in [0.1, 0.15) is 12.4 Å². The molecule has 8 heteroatoms. The minimum Gasteiger partial charge on any atom is -0.381 e. The van der Waals surface area contributed by atoms with E-state index >= 15 is 0 Å². The first-order valence-corrected chi connectivity index (χ1v) is 10.7. The van der Waals surface area contributed by atoms with Crippen molar-refractivity contribution in [2.45, 2.75) is 58.1 Å². The van der Waals surface area contributed by atoms with E-state index in [1.165, 1.54) is 25.7 Å². The third kappa shape index (κ3) is 4.49. The molecule has 28 heavy (non-hydrogen) atoms. The lowest BCUT2D eigenvalue weighted by atomic mass is 9.76. The number of nitrogens with one attached hydrogen (secondary N) is 1. The zero-order chi connectivity index (χ0) is 19.4. The van der Waals surface area contributed by atoms with Gasteiger partial charge in [-0.15, -0.1) is 10.2 Å². The maximum atomic E-state index is 5.85. The predicted molar refractivity (Wildman–Crippen MR) is 107 cm³/mol. The Bertz CT molecular complexity index is 671. The maximum absolute atomic E-state index is 5.85. The Morgan fingerprint density at radius 3 is 2.86 bits per heavy atom. The summed E-state index contributed by atoms with van der Waals surface area (Å²) in [7, 11) is 1.99. The largest absolute Gasteiger partial charge is 0.381 e. The summed E-state index contributed by atoms with van der Waals surface area (Å²) in [6.07, 6.45) is 7.44. The third-order valence-corrected chi connectivity index (χ3v) is 6.43. The fraction of sp³-hybridized carbons (Fsp3) is 0.850. The van der Waals surface area contributed by atoms with Crippen molar-refractivity contribution in [1.82, 2.24) is 25.0 Å². The van der Waals surface area contributed by atoms with Crippen LogP contribution in [0.5, 0.6) is 0 Å². The number of aliphatic imine (C=N–C) groups is 1. The first-order valence-electron chi connectivity index (χ1n) is 10.7. The number of aromatic nitrogens is 3. The van der Waals surface area contributed by atoms with Crippen molar-refractivity contribution in [3.63, 3.8) is 0 Å². The maximum Gasteiger partial charge on any atom is 0.194 e. The Hall–Kier alpha value is -1.67. The molecule has 3 aliphatic heterocycles. The van der Waals surface area contributed by atoms with Crippen LogP contribution >= 0.6 is 0 Å². The van der Waals surface area contributed by atoms with Gasteiger partial charge in [-0.1, -0.05) is 0 Å². The molecule has 4 rings (SSSR count). The summed E-state index contributed by atoms with van der Waals surface area (Å²) in [6.45, 7) is 8.03. The zero-order valence-corrected chi connectivity index (χ0v) is 17.3. The predicted octanol–water partition coefficient (Wildman–Crippen LogP) is 1.64. The van der Waals surface area contributed by atoms with Crippen LogP contribution in [0.1, 0.15) is 50.2 Å². The van der Waals surface area contributed by atoms with Gasteiger partial charge in [0.05, 0.1) is 12.7 Å². The monoisotopic (exact) mass is 390 g/mol. The van der Waals surface area contributed by atoms with Gasteiger partial charge < -0.3 is 24.3 Å². The Morgan fingerprint density at radius 2 is 2.14 bits per heavy atom. The highest BCUT2D eigenvalue weighted by Gasteiger charge is 2.38. The van der Waals surface area contributed by atoms with E-state index in [4.69, 9.17) is 14.5 Å². The first-order chi connectivity index (χ1) is 13.7. The van der Waals surface area contributed by atoms with Crippen LogP contribution in [0.25, 0.3) is 0 Å². The molecule has 3 saturated heterocycles. The second-order valence-electron chi connectivity index (χ2n) is 8.56. The molecule has 4 heterocycles. The number of guanidine groups is 1. The number of ether oxygens (including phenoxy) is 2. The van der Waals surface area contributed by atoms with Crippen LogP contribution in [0.15, 0.2) is 4.99 Å². The van der Waals surface area contributed by atoms with Crippen LogP contribution in [-0.2, 0) is 23.1 Å². The lowest BCUT2D eigenvalue weighted by Gasteiger charge is -2.45. The molecule has 1 aromatic rings. The van der Waals surface area contributed by atoms with Gasteiger partial charge in [0.25, 0.3) is 0 Å². The van der Waals surface area contributed by atoms with E-state index in [2.05, 4.69) is 20.4 Å². The van der Waals surface area contributed by atoms with Gasteiger partial charge in [-0.25, -0.2) is 4.99 Å². The molecule has 2 unspecified atom stereocenters. The summed E-state index contributed by atoms with van der Waals surface area (Å²) >= 11 is 0. The van der Waals surface area contributed by atoms with E-state index < -0.39 is 0 Å². The molecule has 3 fully saturated rings. The summed E-state index contributed by atoms with van der Waals surface area (Å²) in [5, 5.41) is 12.0. The molecule has 0 bridgehead atoms. The average molecular weight is 391 g/mol. The number of hydrogen-bond donors (Lipinski definition) is 1. The van der Waals surface area contributed by atoms with Gasteiger partial charge in [0.2, 0.25) is 0 Å². The van der Waals surface area contributed by atoms with E-state index in [1.54, 1.807) is 0 Å². The van der Waals surface area contributed by atoms with Gasteiger partial charge in [0, 0.05) is 45.3 Å². The third-order valence-electron chi connectivity index (χ3n) is 6.43. The molecule has 3 aliphatic rings. The fourth-order valence-electron chi connectivity index (χ4n) is 4.63. The number of piperidine rings is 1. The van der Waals surface area contributed by atoms with Gasteiger partial charge >= 0.3 is 0 Å². The highest BCUT2D eigenvalue weighted by Crippen LogP contribution is 2.37. The highest BCUT2D eigenvalue weighted by atomic mass is 16.5. The van der Waals surface area contributed by atoms with Crippen molar-refractivity contribution < 1.29 is 9.47 Å². The number of aryl methyl sites for hydroxylation is 1. The second kappa shape index (κ2) is 8.78. The van der Waals surface area contributed by atoms with Crippen molar-refractivity contribution in [2.24, 2.45) is 17.5 Å². The average Bonchev–Trinajstić information content (AvgIpc) is 3.34. The van der Waals surface area contributed by atoms with Crippen molar-refractivity contribution in [1.29, 1.82) is 0 Å². The van der Waals surface area contributed by atoms with Crippen molar-refractivity contribution in [3.05, 3.63) is 11.6 Å². The van der Waals surface area contributed by atoms with Crippen molar-refractivity contribution in [2.75, 3.05) is 39.5 Å². The normalized spacial score (nSPS) is 28.9. The summed E-state index contributed by atoms with van der Waals surface area (Å²) in [5.74, 6) is 2.78. The summed E-state index contributed by atoms with van der Waals surface area (Å²) in [6, 6.07) is 0. The van der Waals surface area contributed by atoms with Crippen LogP contribution in [0, 0.1) is 12.3 Å². The zero-order valence-electron chi connectivity index (χ0n) is 17.3. The molecule has 1 N–H and O–H groups in total. The first kappa shape index (κ1) is 19.6. The molecule has 0 radical (unpaired) electrons. The van der Waals surface area contributed by atoms with E-state index in [0.717, 1.165) is 69.9 Å². The minimum atomic E-state index is 0.282. The number of rotatable bonds is 4. The number of likely N-dealkylation sites (tertiary alicyclic amines) is 1. The Kier molecular flexibility index (Phi) is 6.16. The Morgan fingerprint density at radius 1 is 1.25 bits per heavy atom. The fourth-order valence-corrected chi connectivity index (χ4v) is 4.63. The van der Waals surface area contributed by atoms with Crippen LogP contribution in [-0.4, -0.2) is 71.2 Å². The van der Waals surface area contributed by atoms with Gasteiger partial charge in [0.15, 0.2) is 11.8 Å².